The van der Waals surface area contributed by atoms with Crippen LogP contribution in [0.4, 0.5) is 5.69 Å². The van der Waals surface area contributed by atoms with Crippen LogP contribution in [-0.4, -0.2) is 25.4 Å². The highest BCUT2D eigenvalue weighted by atomic mass is 16.5. The van der Waals surface area contributed by atoms with Gasteiger partial charge in [0, 0.05) is 12.3 Å². The summed E-state index contributed by atoms with van der Waals surface area (Å²) in [5, 5.41) is 3.20. The van der Waals surface area contributed by atoms with Gasteiger partial charge in [0.05, 0.1) is 12.2 Å². The molecule has 0 radical (unpaired) electrons. The Labute approximate surface area is 107 Å². The van der Waals surface area contributed by atoms with E-state index in [1.54, 1.807) is 6.92 Å². The van der Waals surface area contributed by atoms with E-state index in [0.29, 0.717) is 18.8 Å². The van der Waals surface area contributed by atoms with Crippen molar-refractivity contribution in [1.82, 2.24) is 0 Å². The van der Waals surface area contributed by atoms with E-state index in [9.17, 15) is 4.79 Å². The average molecular weight is 247 g/mol. The minimum absolute atomic E-state index is 0.335. The highest BCUT2D eigenvalue weighted by molar-refractivity contribution is 5.97. The molecule has 1 aliphatic heterocycles. The predicted octanol–water partition coefficient (Wildman–Crippen LogP) is 2.42. The van der Waals surface area contributed by atoms with Gasteiger partial charge in [-0.1, -0.05) is 18.2 Å². The Morgan fingerprint density at radius 2 is 2.06 bits per heavy atom. The molecule has 1 N–H and O–H groups in total. The molecule has 1 aliphatic rings. The number of para-hydroxylation sites is 1. The fraction of sp³-hybridized carbons (Fsp3) is 0.357. The number of anilines is 1. The summed E-state index contributed by atoms with van der Waals surface area (Å²) in [5.74, 6) is -0.335. The highest BCUT2D eigenvalue weighted by Gasteiger charge is 2.26. The Morgan fingerprint density at radius 3 is 2.78 bits per heavy atom. The lowest BCUT2D eigenvalue weighted by Crippen LogP contribution is -2.32. The maximum Gasteiger partial charge on any atom is 0.338 e. The van der Waals surface area contributed by atoms with Gasteiger partial charge in [-0.3, -0.25) is 0 Å². The fourth-order valence-electron chi connectivity index (χ4n) is 1.90. The monoisotopic (exact) mass is 247 g/mol. The van der Waals surface area contributed by atoms with Crippen molar-refractivity contribution < 1.29 is 14.3 Å². The van der Waals surface area contributed by atoms with Gasteiger partial charge < -0.3 is 14.8 Å². The number of rotatable bonds is 4. The van der Waals surface area contributed by atoms with Crippen LogP contribution in [0.25, 0.3) is 6.08 Å². The van der Waals surface area contributed by atoms with Crippen LogP contribution in [0.5, 0.6) is 0 Å². The van der Waals surface area contributed by atoms with Crippen molar-refractivity contribution in [2.24, 2.45) is 0 Å². The number of carbonyl (C=O) groups excluding carboxylic acids is 1. The van der Waals surface area contributed by atoms with Crippen LogP contribution in [0.15, 0.2) is 29.8 Å². The first-order chi connectivity index (χ1) is 8.76. The minimum atomic E-state index is -0.441. The maximum absolute atomic E-state index is 11.9. The third kappa shape index (κ3) is 2.54. The first-order valence-electron chi connectivity index (χ1n) is 6.12. The molecule has 96 valence electrons. The second-order valence-electron chi connectivity index (χ2n) is 3.89. The molecule has 4 heteroatoms. The molecular formula is C14H17NO3. The van der Waals surface area contributed by atoms with Crippen molar-refractivity contribution in [3.63, 3.8) is 0 Å². The number of ether oxygens (including phenoxy) is 2. The highest BCUT2D eigenvalue weighted by Crippen LogP contribution is 2.27. The molecule has 0 bridgehead atoms. The van der Waals surface area contributed by atoms with Crippen LogP contribution in [0.1, 0.15) is 19.4 Å². The van der Waals surface area contributed by atoms with Gasteiger partial charge in [0.25, 0.3) is 0 Å². The van der Waals surface area contributed by atoms with E-state index in [4.69, 9.17) is 9.47 Å². The van der Waals surface area contributed by atoms with E-state index in [-0.39, 0.29) is 5.97 Å². The number of fused-ring (bicyclic) bond motifs is 1. The van der Waals surface area contributed by atoms with Crippen molar-refractivity contribution in [2.75, 3.05) is 18.5 Å². The SMILES string of the molecule is CCOC(=O)C1=Cc2ccccc2NC1OCC. The molecule has 1 aromatic carbocycles. The maximum atomic E-state index is 11.9. The van der Waals surface area contributed by atoms with Gasteiger partial charge in [0.2, 0.25) is 0 Å². The number of benzene rings is 1. The smallest absolute Gasteiger partial charge is 0.338 e. The van der Waals surface area contributed by atoms with Crippen molar-refractivity contribution >= 4 is 17.7 Å². The van der Waals surface area contributed by atoms with Crippen LogP contribution in [-0.2, 0) is 14.3 Å². The molecule has 0 fully saturated rings. The number of hydrogen-bond donors (Lipinski definition) is 1. The van der Waals surface area contributed by atoms with Crippen molar-refractivity contribution in [1.29, 1.82) is 0 Å². The van der Waals surface area contributed by atoms with Crippen LogP contribution in [0.3, 0.4) is 0 Å². The molecular weight excluding hydrogens is 230 g/mol. The Kier molecular flexibility index (Phi) is 3.99. The zero-order valence-electron chi connectivity index (χ0n) is 10.6. The molecule has 2 rings (SSSR count). The zero-order chi connectivity index (χ0) is 13.0. The lowest BCUT2D eigenvalue weighted by molar-refractivity contribution is -0.139. The Morgan fingerprint density at radius 1 is 1.28 bits per heavy atom. The van der Waals surface area contributed by atoms with Crippen molar-refractivity contribution in [3.8, 4) is 0 Å². The fourth-order valence-corrected chi connectivity index (χ4v) is 1.90. The van der Waals surface area contributed by atoms with Gasteiger partial charge in [-0.15, -0.1) is 0 Å². The van der Waals surface area contributed by atoms with Crippen LogP contribution >= 0.6 is 0 Å². The van der Waals surface area contributed by atoms with Gasteiger partial charge in [-0.05, 0) is 31.6 Å². The third-order valence-electron chi connectivity index (χ3n) is 2.69. The third-order valence-corrected chi connectivity index (χ3v) is 2.69. The standard InChI is InChI=1S/C14H17NO3/c1-3-17-13-11(14(16)18-4-2)9-10-7-5-6-8-12(10)15-13/h5-9,13,15H,3-4H2,1-2H3. The molecule has 1 heterocycles. The molecule has 0 amide bonds. The van der Waals surface area contributed by atoms with E-state index in [0.717, 1.165) is 11.3 Å². The number of nitrogens with one attached hydrogen (secondary N) is 1. The summed E-state index contributed by atoms with van der Waals surface area (Å²) in [7, 11) is 0. The number of hydrogen-bond acceptors (Lipinski definition) is 4. The number of esters is 1. The first kappa shape index (κ1) is 12.6. The largest absolute Gasteiger partial charge is 0.463 e. The van der Waals surface area contributed by atoms with E-state index >= 15 is 0 Å². The summed E-state index contributed by atoms with van der Waals surface area (Å²) in [6.07, 6.45) is 1.38. The first-order valence-corrected chi connectivity index (χ1v) is 6.12. The molecule has 1 atom stereocenters. The van der Waals surface area contributed by atoms with E-state index in [2.05, 4.69) is 5.32 Å². The van der Waals surface area contributed by atoms with E-state index < -0.39 is 6.23 Å². The quantitative estimate of drug-likeness (QED) is 0.830. The second kappa shape index (κ2) is 5.69. The summed E-state index contributed by atoms with van der Waals surface area (Å²) in [6.45, 7) is 4.57. The van der Waals surface area contributed by atoms with Gasteiger partial charge in [-0.25, -0.2) is 4.79 Å². The van der Waals surface area contributed by atoms with Gasteiger partial charge in [0.15, 0.2) is 6.23 Å². The molecule has 0 aliphatic carbocycles. The average Bonchev–Trinajstić information content (AvgIpc) is 2.38. The van der Waals surface area contributed by atoms with E-state index in [1.165, 1.54) is 0 Å². The van der Waals surface area contributed by atoms with Crippen LogP contribution in [0.2, 0.25) is 0 Å². The summed E-state index contributed by atoms with van der Waals surface area (Å²) >= 11 is 0. The summed E-state index contributed by atoms with van der Waals surface area (Å²) < 4.78 is 10.6. The zero-order valence-corrected chi connectivity index (χ0v) is 10.6. The normalized spacial score (nSPS) is 17.4. The Balaban J connectivity index is 2.32. The van der Waals surface area contributed by atoms with Crippen LogP contribution in [0, 0.1) is 0 Å². The van der Waals surface area contributed by atoms with Gasteiger partial charge in [-0.2, -0.15) is 0 Å². The molecule has 1 unspecified atom stereocenters. The lowest BCUT2D eigenvalue weighted by atomic mass is 10.0. The molecule has 18 heavy (non-hydrogen) atoms. The summed E-state index contributed by atoms with van der Waals surface area (Å²) in [6, 6.07) is 7.78. The molecule has 0 spiro atoms. The minimum Gasteiger partial charge on any atom is -0.463 e. The summed E-state index contributed by atoms with van der Waals surface area (Å²) in [5.41, 5.74) is 2.44. The van der Waals surface area contributed by atoms with Crippen molar-refractivity contribution in [3.05, 3.63) is 35.4 Å². The topological polar surface area (TPSA) is 47.6 Å². The Hall–Kier alpha value is -1.81. The molecule has 4 nitrogen and oxygen atoms in total. The molecule has 0 saturated carbocycles. The van der Waals surface area contributed by atoms with Gasteiger partial charge in [0.1, 0.15) is 0 Å². The molecule has 1 aromatic rings. The van der Waals surface area contributed by atoms with Crippen molar-refractivity contribution in [2.45, 2.75) is 20.1 Å². The summed E-state index contributed by atoms with van der Waals surface area (Å²) in [4.78, 5) is 11.9. The second-order valence-corrected chi connectivity index (χ2v) is 3.89. The van der Waals surface area contributed by atoms with Gasteiger partial charge >= 0.3 is 5.97 Å². The predicted molar refractivity (Wildman–Crippen MR) is 70.1 cm³/mol. The van der Waals surface area contributed by atoms with E-state index in [1.807, 2.05) is 37.3 Å². The molecule has 0 saturated heterocycles. The molecule has 0 aromatic heterocycles. The van der Waals surface area contributed by atoms with Crippen LogP contribution < -0.4 is 5.32 Å². The Bertz CT molecular complexity index is 468. The lowest BCUT2D eigenvalue weighted by Gasteiger charge is -2.26. The number of carbonyl (C=O) groups is 1.